The van der Waals surface area contributed by atoms with E-state index in [1.54, 1.807) is 11.1 Å². The molecule has 0 saturated carbocycles. The number of hydrogen-bond acceptors (Lipinski definition) is 2. The van der Waals surface area contributed by atoms with E-state index in [-0.39, 0.29) is 6.10 Å². The van der Waals surface area contributed by atoms with Gasteiger partial charge in [0.2, 0.25) is 0 Å². The minimum absolute atomic E-state index is 0.283. The molecule has 1 aliphatic carbocycles. The van der Waals surface area contributed by atoms with Gasteiger partial charge in [-0.05, 0) is 49.3 Å². The van der Waals surface area contributed by atoms with Gasteiger partial charge in [0.15, 0.2) is 0 Å². The predicted molar refractivity (Wildman–Crippen MR) is 69.2 cm³/mol. The van der Waals surface area contributed by atoms with Crippen LogP contribution in [0.2, 0.25) is 0 Å². The molecular formula is C15H21NO. The SMILES string of the molecule is CC1OCCNC1c1ccc2c(c1)CCCC2. The monoisotopic (exact) mass is 231 g/mol. The van der Waals surface area contributed by atoms with Crippen LogP contribution < -0.4 is 5.32 Å². The van der Waals surface area contributed by atoms with Gasteiger partial charge < -0.3 is 10.1 Å². The van der Waals surface area contributed by atoms with Crippen LogP contribution in [0.5, 0.6) is 0 Å². The quantitative estimate of drug-likeness (QED) is 0.802. The molecule has 92 valence electrons. The van der Waals surface area contributed by atoms with Crippen LogP contribution in [0.25, 0.3) is 0 Å². The molecule has 0 aromatic heterocycles. The van der Waals surface area contributed by atoms with E-state index in [2.05, 4.69) is 30.4 Å². The third-order valence-electron chi connectivity index (χ3n) is 4.05. The zero-order valence-electron chi connectivity index (χ0n) is 10.5. The number of rotatable bonds is 1. The Bertz CT molecular complexity index is 402. The summed E-state index contributed by atoms with van der Waals surface area (Å²) in [6.07, 6.45) is 5.50. The summed E-state index contributed by atoms with van der Waals surface area (Å²) in [5.74, 6) is 0. The van der Waals surface area contributed by atoms with E-state index in [0.29, 0.717) is 6.04 Å². The zero-order valence-corrected chi connectivity index (χ0v) is 10.5. The number of nitrogens with one attached hydrogen (secondary N) is 1. The van der Waals surface area contributed by atoms with Gasteiger partial charge in [-0.2, -0.15) is 0 Å². The summed E-state index contributed by atoms with van der Waals surface area (Å²) in [4.78, 5) is 0. The Morgan fingerprint density at radius 2 is 2.00 bits per heavy atom. The first kappa shape index (κ1) is 11.2. The Labute approximate surface area is 103 Å². The van der Waals surface area contributed by atoms with Gasteiger partial charge in [0, 0.05) is 6.54 Å². The Kier molecular flexibility index (Phi) is 3.17. The topological polar surface area (TPSA) is 21.3 Å². The second kappa shape index (κ2) is 4.79. The van der Waals surface area contributed by atoms with Crippen LogP contribution in [0, 0.1) is 0 Å². The molecule has 1 N–H and O–H groups in total. The first-order valence-electron chi connectivity index (χ1n) is 6.81. The van der Waals surface area contributed by atoms with Crippen molar-refractivity contribution >= 4 is 0 Å². The van der Waals surface area contributed by atoms with Crippen LogP contribution in [0.3, 0.4) is 0 Å². The van der Waals surface area contributed by atoms with Crippen molar-refractivity contribution in [3.63, 3.8) is 0 Å². The van der Waals surface area contributed by atoms with Gasteiger partial charge in [-0.1, -0.05) is 18.2 Å². The molecule has 0 bridgehead atoms. The second-order valence-corrected chi connectivity index (χ2v) is 5.24. The largest absolute Gasteiger partial charge is 0.375 e. The fourth-order valence-corrected chi connectivity index (χ4v) is 3.06. The van der Waals surface area contributed by atoms with Crippen molar-refractivity contribution < 1.29 is 4.74 Å². The molecule has 1 fully saturated rings. The van der Waals surface area contributed by atoms with Crippen molar-refractivity contribution in [3.8, 4) is 0 Å². The summed E-state index contributed by atoms with van der Waals surface area (Å²) in [5.41, 5.74) is 4.52. The highest BCUT2D eigenvalue weighted by molar-refractivity contribution is 5.35. The molecule has 1 saturated heterocycles. The van der Waals surface area contributed by atoms with E-state index in [0.717, 1.165) is 13.2 Å². The standard InChI is InChI=1S/C15H21NO/c1-11-15(16-8-9-17-11)14-7-6-12-4-2-3-5-13(12)10-14/h6-7,10-11,15-16H,2-5,8-9H2,1H3. The van der Waals surface area contributed by atoms with Crippen molar-refractivity contribution in [1.82, 2.24) is 5.32 Å². The van der Waals surface area contributed by atoms with Gasteiger partial charge in [0.05, 0.1) is 18.8 Å². The maximum absolute atomic E-state index is 5.73. The molecule has 3 rings (SSSR count). The van der Waals surface area contributed by atoms with Crippen molar-refractivity contribution in [2.45, 2.75) is 44.8 Å². The van der Waals surface area contributed by atoms with E-state index in [4.69, 9.17) is 4.74 Å². The average molecular weight is 231 g/mol. The van der Waals surface area contributed by atoms with E-state index < -0.39 is 0 Å². The number of benzene rings is 1. The lowest BCUT2D eigenvalue weighted by Gasteiger charge is -2.31. The van der Waals surface area contributed by atoms with Gasteiger partial charge >= 0.3 is 0 Å². The minimum atomic E-state index is 0.283. The van der Waals surface area contributed by atoms with Gasteiger partial charge in [-0.15, -0.1) is 0 Å². The highest BCUT2D eigenvalue weighted by atomic mass is 16.5. The maximum Gasteiger partial charge on any atom is 0.0742 e. The first-order valence-corrected chi connectivity index (χ1v) is 6.81. The van der Waals surface area contributed by atoms with Crippen LogP contribution in [0.4, 0.5) is 0 Å². The van der Waals surface area contributed by atoms with Crippen molar-refractivity contribution in [2.75, 3.05) is 13.2 Å². The predicted octanol–water partition coefficient (Wildman–Crippen LogP) is 2.61. The Hall–Kier alpha value is -0.860. The average Bonchev–Trinajstić information content (AvgIpc) is 2.39. The third kappa shape index (κ3) is 2.24. The molecule has 1 heterocycles. The van der Waals surface area contributed by atoms with E-state index >= 15 is 0 Å². The molecule has 2 unspecified atom stereocenters. The summed E-state index contributed by atoms with van der Waals surface area (Å²) in [5, 5.41) is 3.57. The Morgan fingerprint density at radius 1 is 1.18 bits per heavy atom. The Morgan fingerprint density at radius 3 is 2.82 bits per heavy atom. The van der Waals surface area contributed by atoms with Crippen LogP contribution in [0.1, 0.15) is 42.5 Å². The summed E-state index contributed by atoms with van der Waals surface area (Å²) < 4.78 is 5.73. The van der Waals surface area contributed by atoms with Gasteiger partial charge in [-0.25, -0.2) is 0 Å². The minimum Gasteiger partial charge on any atom is -0.375 e. The molecule has 1 aromatic rings. The molecule has 2 nitrogen and oxygen atoms in total. The summed E-state index contributed by atoms with van der Waals surface area (Å²) >= 11 is 0. The van der Waals surface area contributed by atoms with E-state index in [1.807, 2.05) is 0 Å². The highest BCUT2D eigenvalue weighted by Crippen LogP contribution is 2.27. The van der Waals surface area contributed by atoms with E-state index in [9.17, 15) is 0 Å². The lowest BCUT2D eigenvalue weighted by molar-refractivity contribution is 0.00754. The number of aryl methyl sites for hydroxylation is 2. The Balaban J connectivity index is 1.87. The number of morpholine rings is 1. The zero-order chi connectivity index (χ0) is 11.7. The highest BCUT2D eigenvalue weighted by Gasteiger charge is 2.23. The van der Waals surface area contributed by atoms with Crippen LogP contribution >= 0.6 is 0 Å². The lowest BCUT2D eigenvalue weighted by Crippen LogP contribution is -2.40. The van der Waals surface area contributed by atoms with Crippen LogP contribution in [0.15, 0.2) is 18.2 Å². The normalized spacial score (nSPS) is 28.8. The second-order valence-electron chi connectivity index (χ2n) is 5.24. The molecule has 0 spiro atoms. The van der Waals surface area contributed by atoms with Gasteiger partial charge in [0.25, 0.3) is 0 Å². The molecule has 1 aliphatic heterocycles. The molecule has 0 radical (unpaired) electrons. The fraction of sp³-hybridized carbons (Fsp3) is 0.600. The maximum atomic E-state index is 5.73. The first-order chi connectivity index (χ1) is 8.34. The number of fused-ring (bicyclic) bond motifs is 1. The van der Waals surface area contributed by atoms with Crippen molar-refractivity contribution in [2.24, 2.45) is 0 Å². The fourth-order valence-electron chi connectivity index (χ4n) is 3.06. The molecule has 2 aliphatic rings. The van der Waals surface area contributed by atoms with E-state index in [1.165, 1.54) is 31.2 Å². The molecule has 0 amide bonds. The third-order valence-corrected chi connectivity index (χ3v) is 4.05. The van der Waals surface area contributed by atoms with Crippen LogP contribution in [-0.4, -0.2) is 19.3 Å². The smallest absolute Gasteiger partial charge is 0.0742 e. The number of ether oxygens (including phenoxy) is 1. The van der Waals surface area contributed by atoms with Gasteiger partial charge in [-0.3, -0.25) is 0 Å². The van der Waals surface area contributed by atoms with Crippen molar-refractivity contribution in [1.29, 1.82) is 0 Å². The molecular weight excluding hydrogens is 210 g/mol. The van der Waals surface area contributed by atoms with Crippen molar-refractivity contribution in [3.05, 3.63) is 34.9 Å². The molecule has 1 aromatic carbocycles. The summed E-state index contributed by atoms with van der Waals surface area (Å²) in [6, 6.07) is 7.38. The molecule has 2 atom stereocenters. The lowest BCUT2D eigenvalue weighted by atomic mass is 9.88. The molecule has 17 heavy (non-hydrogen) atoms. The van der Waals surface area contributed by atoms with Gasteiger partial charge in [0.1, 0.15) is 0 Å². The van der Waals surface area contributed by atoms with Crippen LogP contribution in [-0.2, 0) is 17.6 Å². The number of hydrogen-bond donors (Lipinski definition) is 1. The summed E-state index contributed by atoms with van der Waals surface area (Å²) in [7, 11) is 0. The summed E-state index contributed by atoms with van der Waals surface area (Å²) in [6.45, 7) is 3.96. The molecule has 2 heteroatoms.